The molecule has 4 heteroatoms. The van der Waals surface area contributed by atoms with Crippen molar-refractivity contribution in [2.45, 2.75) is 25.4 Å². The van der Waals surface area contributed by atoms with Crippen LogP contribution in [0.5, 0.6) is 0 Å². The number of rotatable bonds is 3. The molecule has 0 atom stereocenters. The summed E-state index contributed by atoms with van der Waals surface area (Å²) in [6.45, 7) is 0.812. The molecule has 2 rings (SSSR count). The molecule has 1 fully saturated rings. The number of pyridine rings is 1. The van der Waals surface area contributed by atoms with Gasteiger partial charge in [-0.1, -0.05) is 6.07 Å². The summed E-state index contributed by atoms with van der Waals surface area (Å²) in [7, 11) is 2.00. The van der Waals surface area contributed by atoms with Gasteiger partial charge in [0.25, 0.3) is 0 Å². The van der Waals surface area contributed by atoms with Gasteiger partial charge in [-0.3, -0.25) is 4.98 Å². The Labute approximate surface area is 95.5 Å². The zero-order valence-corrected chi connectivity index (χ0v) is 9.63. The highest BCUT2D eigenvalue weighted by molar-refractivity contribution is 7.80. The van der Waals surface area contributed by atoms with Crippen LogP contribution in [0.2, 0.25) is 0 Å². The molecule has 1 N–H and O–H groups in total. The van der Waals surface area contributed by atoms with Gasteiger partial charge in [-0.05, 0) is 36.7 Å². The summed E-state index contributed by atoms with van der Waals surface area (Å²) in [6, 6.07) is 4.62. The van der Waals surface area contributed by atoms with Crippen molar-refractivity contribution in [3.63, 3.8) is 0 Å². The van der Waals surface area contributed by atoms with E-state index in [1.807, 2.05) is 24.2 Å². The molecule has 1 aliphatic carbocycles. The molecule has 0 saturated heterocycles. The molecule has 0 aromatic carbocycles. The van der Waals surface area contributed by atoms with Gasteiger partial charge < -0.3 is 10.2 Å². The molecule has 80 valence electrons. The van der Waals surface area contributed by atoms with E-state index in [0.29, 0.717) is 6.04 Å². The van der Waals surface area contributed by atoms with E-state index in [1.54, 1.807) is 6.20 Å². The van der Waals surface area contributed by atoms with Gasteiger partial charge in [-0.2, -0.15) is 0 Å². The Hall–Kier alpha value is -1.16. The van der Waals surface area contributed by atoms with Crippen molar-refractivity contribution in [1.82, 2.24) is 15.2 Å². The van der Waals surface area contributed by atoms with E-state index in [9.17, 15) is 0 Å². The summed E-state index contributed by atoms with van der Waals surface area (Å²) >= 11 is 5.29. The van der Waals surface area contributed by atoms with E-state index < -0.39 is 0 Å². The molecule has 0 bridgehead atoms. The minimum absolute atomic E-state index is 0.619. The van der Waals surface area contributed by atoms with Crippen LogP contribution in [0, 0.1) is 0 Å². The van der Waals surface area contributed by atoms with Gasteiger partial charge in [-0.15, -0.1) is 0 Å². The second-order valence-corrected chi connectivity index (χ2v) is 4.33. The monoisotopic (exact) mass is 221 g/mol. The molecule has 0 aliphatic heterocycles. The Morgan fingerprint density at radius 3 is 3.07 bits per heavy atom. The molecule has 0 amide bonds. The van der Waals surface area contributed by atoms with E-state index in [1.165, 1.54) is 18.4 Å². The van der Waals surface area contributed by atoms with E-state index >= 15 is 0 Å². The third-order valence-electron chi connectivity index (χ3n) is 2.39. The summed E-state index contributed by atoms with van der Waals surface area (Å²) in [4.78, 5) is 6.13. The average Bonchev–Trinajstić information content (AvgIpc) is 3.03. The van der Waals surface area contributed by atoms with Crippen molar-refractivity contribution in [3.05, 3.63) is 30.1 Å². The first-order valence-electron chi connectivity index (χ1n) is 5.16. The summed E-state index contributed by atoms with van der Waals surface area (Å²) in [5, 5.41) is 4.15. The van der Waals surface area contributed by atoms with Crippen LogP contribution in [0.3, 0.4) is 0 Å². The average molecular weight is 221 g/mol. The lowest BCUT2D eigenvalue weighted by Crippen LogP contribution is -2.37. The number of hydrogen-bond acceptors (Lipinski definition) is 2. The van der Waals surface area contributed by atoms with Crippen molar-refractivity contribution in [2.75, 3.05) is 7.05 Å². The van der Waals surface area contributed by atoms with Crippen molar-refractivity contribution in [1.29, 1.82) is 0 Å². The van der Waals surface area contributed by atoms with Gasteiger partial charge in [0, 0.05) is 32.0 Å². The summed E-state index contributed by atoms with van der Waals surface area (Å²) in [6.07, 6.45) is 6.16. The Morgan fingerprint density at radius 1 is 1.67 bits per heavy atom. The minimum Gasteiger partial charge on any atom is -0.360 e. The van der Waals surface area contributed by atoms with Crippen LogP contribution in [0.1, 0.15) is 18.4 Å². The predicted molar refractivity (Wildman–Crippen MR) is 64.5 cm³/mol. The first kappa shape index (κ1) is 10.4. The molecule has 0 unspecified atom stereocenters. The second kappa shape index (κ2) is 4.57. The largest absolute Gasteiger partial charge is 0.360 e. The Morgan fingerprint density at radius 2 is 2.47 bits per heavy atom. The lowest BCUT2D eigenvalue weighted by atomic mass is 10.3. The maximum absolute atomic E-state index is 5.29. The van der Waals surface area contributed by atoms with Crippen LogP contribution < -0.4 is 5.32 Å². The van der Waals surface area contributed by atoms with Gasteiger partial charge in [0.15, 0.2) is 5.11 Å². The highest BCUT2D eigenvalue weighted by atomic mass is 32.1. The minimum atomic E-state index is 0.619. The zero-order chi connectivity index (χ0) is 10.7. The molecule has 1 saturated carbocycles. The summed E-state index contributed by atoms with van der Waals surface area (Å²) in [5.41, 5.74) is 1.18. The fourth-order valence-corrected chi connectivity index (χ4v) is 1.58. The van der Waals surface area contributed by atoms with E-state index in [4.69, 9.17) is 12.2 Å². The summed E-state index contributed by atoms with van der Waals surface area (Å²) in [5.74, 6) is 0. The van der Waals surface area contributed by atoms with Crippen LogP contribution in [-0.2, 0) is 6.54 Å². The van der Waals surface area contributed by atoms with Crippen molar-refractivity contribution >= 4 is 17.3 Å². The van der Waals surface area contributed by atoms with Gasteiger partial charge in [0.1, 0.15) is 0 Å². The third-order valence-corrected chi connectivity index (χ3v) is 2.82. The van der Waals surface area contributed by atoms with E-state index in [2.05, 4.69) is 16.4 Å². The normalized spacial score (nSPS) is 14.7. The van der Waals surface area contributed by atoms with Crippen LogP contribution >= 0.6 is 12.2 Å². The van der Waals surface area contributed by atoms with Crippen molar-refractivity contribution in [3.8, 4) is 0 Å². The molecule has 0 radical (unpaired) electrons. The fourth-order valence-electron chi connectivity index (χ4n) is 1.35. The smallest absolute Gasteiger partial charge is 0.169 e. The second-order valence-electron chi connectivity index (χ2n) is 3.94. The summed E-state index contributed by atoms with van der Waals surface area (Å²) < 4.78 is 0. The lowest BCUT2D eigenvalue weighted by molar-refractivity contribution is 0.487. The predicted octanol–water partition coefficient (Wildman–Crippen LogP) is 1.55. The Kier molecular flexibility index (Phi) is 3.16. The van der Waals surface area contributed by atoms with Crippen LogP contribution in [0.25, 0.3) is 0 Å². The molecule has 1 aromatic rings. The standard InChI is InChI=1S/C11H15N3S/c1-14(11(15)13-10-4-5-10)8-9-3-2-6-12-7-9/h2-3,6-7,10H,4-5,8H2,1H3,(H,13,15). The third kappa shape index (κ3) is 3.16. The number of thiocarbonyl (C=S) groups is 1. The zero-order valence-electron chi connectivity index (χ0n) is 8.81. The van der Waals surface area contributed by atoms with Gasteiger partial charge in [0.2, 0.25) is 0 Å². The lowest BCUT2D eigenvalue weighted by Gasteiger charge is -2.20. The highest BCUT2D eigenvalue weighted by Crippen LogP contribution is 2.19. The van der Waals surface area contributed by atoms with E-state index in [0.717, 1.165) is 11.7 Å². The van der Waals surface area contributed by atoms with Gasteiger partial charge in [0.05, 0.1) is 0 Å². The van der Waals surface area contributed by atoms with Crippen LogP contribution in [-0.4, -0.2) is 28.1 Å². The molecule has 0 spiro atoms. The van der Waals surface area contributed by atoms with E-state index in [-0.39, 0.29) is 0 Å². The first-order chi connectivity index (χ1) is 7.25. The molecule has 3 nitrogen and oxygen atoms in total. The quantitative estimate of drug-likeness (QED) is 0.784. The van der Waals surface area contributed by atoms with Crippen LogP contribution in [0.15, 0.2) is 24.5 Å². The first-order valence-corrected chi connectivity index (χ1v) is 5.57. The maximum Gasteiger partial charge on any atom is 0.169 e. The Bertz CT molecular complexity index is 335. The van der Waals surface area contributed by atoms with Crippen molar-refractivity contribution < 1.29 is 0 Å². The highest BCUT2D eigenvalue weighted by Gasteiger charge is 2.22. The fraction of sp³-hybridized carbons (Fsp3) is 0.455. The Balaban J connectivity index is 1.85. The molecular weight excluding hydrogens is 206 g/mol. The topological polar surface area (TPSA) is 28.2 Å². The molecule has 1 heterocycles. The number of nitrogens with one attached hydrogen (secondary N) is 1. The SMILES string of the molecule is CN(Cc1cccnc1)C(=S)NC1CC1. The molecular formula is C11H15N3S. The van der Waals surface area contributed by atoms with Crippen molar-refractivity contribution in [2.24, 2.45) is 0 Å². The molecule has 1 aromatic heterocycles. The number of hydrogen-bond donors (Lipinski definition) is 1. The molecule has 1 aliphatic rings. The number of aromatic nitrogens is 1. The number of nitrogens with zero attached hydrogens (tertiary/aromatic N) is 2. The van der Waals surface area contributed by atoms with Gasteiger partial charge in [-0.25, -0.2) is 0 Å². The van der Waals surface area contributed by atoms with Crippen LogP contribution in [0.4, 0.5) is 0 Å². The molecule has 15 heavy (non-hydrogen) atoms. The van der Waals surface area contributed by atoms with Gasteiger partial charge >= 0.3 is 0 Å². The maximum atomic E-state index is 5.29.